The third kappa shape index (κ3) is 15.0. The molecule has 28 heteroatoms. The van der Waals surface area contributed by atoms with E-state index in [-0.39, 0.29) is 81.7 Å². The van der Waals surface area contributed by atoms with Crippen LogP contribution in [0.15, 0.2) is 82.9 Å². The quantitative estimate of drug-likeness (QED) is 0.0394. The Labute approximate surface area is 488 Å². The zero-order valence-electron chi connectivity index (χ0n) is 50.7. The van der Waals surface area contributed by atoms with E-state index in [1.807, 2.05) is 36.4 Å². The Balaban J connectivity index is 0.000000260. The standard InChI is InChI=1S/C34H49N5O8Si3.C21H35N5O6Si/c1-22(2)31(41)37-34-36-30-26(32(42)38-34)35-21-39(30)33-28(43-3)27(40)25(45-33)20-44-50(46-48(4,5)6,47-49(7,8)9)29(23-16-12-10-13-17-23)24-18-14-11-15-19-24;1-11(2)17(28)24-20-23-16-13(18(29)25-20)22-10-26(16)19-15(30-6)14(12(9-27)31-19)32-33(7,8)21(3,4)5/h10-19,21-22,25,27-29,33,40H,20H2,1-9H3,(H2,36,37,38,41,42);10-12,14-15,19,27H,9H2,1-8H3,(H2,23,24,25,28,29)/t25-,27+,28?,33-;12-,14+,15?,19-/m11/s1. The number of imidazole rings is 2. The molecule has 2 fully saturated rings. The number of rotatable bonds is 21. The van der Waals surface area contributed by atoms with Crippen LogP contribution in [0.5, 0.6) is 0 Å². The first-order valence-corrected chi connectivity index (χ1v) is 39.4. The summed E-state index contributed by atoms with van der Waals surface area (Å²) in [6, 6.07) is 20.2. The van der Waals surface area contributed by atoms with Gasteiger partial charge in [-0.25, -0.2) is 9.97 Å². The number of carbonyl (C=O) groups excluding carboxylic acids is 2. The summed E-state index contributed by atoms with van der Waals surface area (Å²) in [5.41, 5.74) is 1.17. The number of H-pyrrole nitrogens is 2. The Morgan fingerprint density at radius 3 is 1.48 bits per heavy atom. The Morgan fingerprint density at radius 1 is 0.675 bits per heavy atom. The van der Waals surface area contributed by atoms with E-state index in [0.717, 1.165) is 11.1 Å². The maximum atomic E-state index is 12.9. The molecule has 0 radical (unpaired) electrons. The Hall–Kier alpha value is -5.45. The molecule has 0 spiro atoms. The van der Waals surface area contributed by atoms with Crippen LogP contribution in [0.1, 0.15) is 77.6 Å². The van der Waals surface area contributed by atoms with Crippen LogP contribution < -0.4 is 21.8 Å². The van der Waals surface area contributed by atoms with Crippen molar-refractivity contribution in [1.29, 1.82) is 0 Å². The van der Waals surface area contributed by atoms with Crippen molar-refractivity contribution in [3.05, 3.63) is 105 Å². The van der Waals surface area contributed by atoms with E-state index in [9.17, 15) is 29.4 Å². The average Bonchev–Trinajstić information content (AvgIpc) is 3.88. The normalized spacial score (nSPS) is 21.8. The third-order valence-electron chi connectivity index (χ3n) is 14.5. The van der Waals surface area contributed by atoms with Crippen molar-refractivity contribution in [3.63, 3.8) is 0 Å². The van der Waals surface area contributed by atoms with Gasteiger partial charge in [0.15, 0.2) is 59.7 Å². The molecule has 6 aromatic rings. The summed E-state index contributed by atoms with van der Waals surface area (Å²) in [6.45, 7) is 30.0. The highest BCUT2D eigenvalue weighted by Crippen LogP contribution is 2.44. The molecule has 2 aliphatic heterocycles. The van der Waals surface area contributed by atoms with Crippen molar-refractivity contribution in [2.24, 2.45) is 11.8 Å². The zero-order chi connectivity index (χ0) is 61.1. The van der Waals surface area contributed by atoms with Crippen molar-refractivity contribution >= 4 is 79.8 Å². The van der Waals surface area contributed by atoms with Crippen LogP contribution in [-0.2, 0) is 45.6 Å². The van der Waals surface area contributed by atoms with Crippen LogP contribution in [0.4, 0.5) is 11.9 Å². The summed E-state index contributed by atoms with van der Waals surface area (Å²) in [6.07, 6.45) is -3.43. The lowest BCUT2D eigenvalue weighted by Crippen LogP contribution is -2.62. The number of amides is 2. The topological polar surface area (TPSA) is 300 Å². The maximum absolute atomic E-state index is 12.9. The lowest BCUT2D eigenvalue weighted by atomic mass is 10.0. The van der Waals surface area contributed by atoms with Crippen LogP contribution >= 0.6 is 0 Å². The number of fused-ring (bicyclic) bond motifs is 2. The molecular weight excluding hydrogens is 1140 g/mol. The van der Waals surface area contributed by atoms with Gasteiger partial charge in [-0.15, -0.1) is 0 Å². The number of ether oxygens (including phenoxy) is 4. The zero-order valence-corrected chi connectivity index (χ0v) is 54.7. The first-order chi connectivity index (χ1) is 38.8. The second-order valence-corrected chi connectivity index (χ2v) is 41.8. The molecular formula is C55H84N10O14Si4. The van der Waals surface area contributed by atoms with Crippen LogP contribution in [0.3, 0.4) is 0 Å². The monoisotopic (exact) mass is 1220 g/mol. The van der Waals surface area contributed by atoms with Crippen LogP contribution in [0, 0.1) is 11.8 Å². The molecule has 8 rings (SSSR count). The minimum absolute atomic E-state index is 0.0210. The fraction of sp³-hybridized carbons (Fsp3) is 0.564. The number of hydrogen-bond donors (Lipinski definition) is 6. The Morgan fingerprint density at radius 2 is 1.10 bits per heavy atom. The number of benzene rings is 2. The smallest absolute Gasteiger partial charge is 0.416 e. The van der Waals surface area contributed by atoms with Crippen molar-refractivity contribution in [2.75, 3.05) is 38.1 Å². The molecule has 2 aromatic carbocycles. The molecule has 8 atom stereocenters. The van der Waals surface area contributed by atoms with E-state index in [4.69, 9.17) is 36.0 Å². The Bertz CT molecular complexity index is 3230. The number of nitrogens with zero attached hydrogens (tertiary/aromatic N) is 6. The van der Waals surface area contributed by atoms with Gasteiger partial charge in [-0.1, -0.05) is 109 Å². The largest absolute Gasteiger partial charge is 0.492 e. The highest BCUT2D eigenvalue weighted by atomic mass is 28.5. The molecule has 0 bridgehead atoms. The molecule has 0 saturated carbocycles. The van der Waals surface area contributed by atoms with E-state index in [2.05, 4.69) is 138 Å². The number of aromatic nitrogens is 8. The summed E-state index contributed by atoms with van der Waals surface area (Å²) < 4.78 is 55.2. The molecule has 4 aromatic heterocycles. The first kappa shape index (κ1) is 65.1. The van der Waals surface area contributed by atoms with Gasteiger partial charge in [-0.05, 0) is 68.5 Å². The van der Waals surface area contributed by atoms with Crippen LogP contribution in [0.2, 0.25) is 57.4 Å². The average molecular weight is 1220 g/mol. The summed E-state index contributed by atoms with van der Waals surface area (Å²) in [7, 11) is -7.55. The molecule has 2 aliphatic rings. The van der Waals surface area contributed by atoms with Gasteiger partial charge in [-0.3, -0.25) is 48.9 Å². The van der Waals surface area contributed by atoms with Crippen molar-refractivity contribution in [2.45, 2.75) is 161 Å². The van der Waals surface area contributed by atoms with E-state index in [0.29, 0.717) is 0 Å². The number of aliphatic hydroxyl groups excluding tert-OH is 2. The molecule has 2 saturated heterocycles. The number of carbonyl (C=O) groups is 2. The molecule has 6 heterocycles. The summed E-state index contributed by atoms with van der Waals surface area (Å²) in [4.78, 5) is 72.4. The lowest BCUT2D eigenvalue weighted by Gasteiger charge is -2.44. The first-order valence-electron chi connectivity index (χ1n) is 27.8. The second-order valence-electron chi connectivity index (χ2n) is 24.9. The SMILES string of the molecule is COC1[C@@H](O)[C@@H](CO[Si](O[Si](C)(C)C)(O[Si](C)(C)C)C(c2ccccc2)c2ccccc2)O[C@H]1n1cnc2c(=O)[nH]c(NC(=O)C(C)C)nc21.COC1[C@@H](O[Si](C)(C)C(C)(C)C)[C@@H](CO)O[C@H]1n1cnc2c(=O)[nH]c(NC(=O)C(C)C)nc21. The van der Waals surface area contributed by atoms with Gasteiger partial charge >= 0.3 is 8.80 Å². The number of anilines is 2. The number of methoxy groups -OCH3 is 2. The summed E-state index contributed by atoms with van der Waals surface area (Å²) in [5.74, 6) is -1.21. The van der Waals surface area contributed by atoms with Gasteiger partial charge < -0.3 is 46.2 Å². The van der Waals surface area contributed by atoms with Gasteiger partial charge in [0.2, 0.25) is 23.7 Å². The molecule has 2 amide bonds. The molecule has 24 nitrogen and oxygen atoms in total. The summed E-state index contributed by atoms with van der Waals surface area (Å²) >= 11 is 0. The number of nitrogens with one attached hydrogen (secondary N) is 4. The highest BCUT2D eigenvalue weighted by molar-refractivity contribution is 6.86. The molecule has 2 unspecified atom stereocenters. The minimum Gasteiger partial charge on any atom is -0.416 e. The summed E-state index contributed by atoms with van der Waals surface area (Å²) in [5, 5.41) is 26.9. The van der Waals surface area contributed by atoms with Crippen LogP contribution in [-0.4, -0.2) is 159 Å². The predicted molar refractivity (Wildman–Crippen MR) is 323 cm³/mol. The van der Waals surface area contributed by atoms with Crippen molar-refractivity contribution in [1.82, 2.24) is 39.0 Å². The fourth-order valence-corrected chi connectivity index (χ4v) is 21.3. The fourth-order valence-electron chi connectivity index (χ4n) is 9.41. The lowest BCUT2D eigenvalue weighted by molar-refractivity contribution is -0.119. The minimum atomic E-state index is -3.70. The second kappa shape index (κ2) is 26.0. The third-order valence-corrected chi connectivity index (χ3v) is 28.1. The van der Waals surface area contributed by atoms with E-state index in [1.54, 1.807) is 39.4 Å². The van der Waals surface area contributed by atoms with Crippen LogP contribution in [0.25, 0.3) is 22.3 Å². The predicted octanol–water partition coefficient (Wildman–Crippen LogP) is 7.03. The molecule has 83 heavy (non-hydrogen) atoms. The molecule has 454 valence electrons. The molecule has 0 aliphatic carbocycles. The van der Waals surface area contributed by atoms with E-state index < -0.39 is 94.0 Å². The van der Waals surface area contributed by atoms with Gasteiger partial charge in [0.1, 0.15) is 36.6 Å². The van der Waals surface area contributed by atoms with Gasteiger partial charge in [0.25, 0.3) is 11.1 Å². The van der Waals surface area contributed by atoms with Crippen molar-refractivity contribution < 1.29 is 55.8 Å². The van der Waals surface area contributed by atoms with Crippen molar-refractivity contribution in [3.8, 4) is 0 Å². The Kier molecular flexibility index (Phi) is 20.4. The number of hydrogen-bond acceptors (Lipinski definition) is 18. The number of aliphatic hydroxyl groups is 2. The molecule has 6 N–H and O–H groups in total. The van der Waals surface area contributed by atoms with E-state index >= 15 is 0 Å². The number of aromatic amines is 2. The van der Waals surface area contributed by atoms with Gasteiger partial charge in [0, 0.05) is 26.1 Å². The maximum Gasteiger partial charge on any atom is 0.492 e. The van der Waals surface area contributed by atoms with E-state index in [1.165, 1.54) is 24.3 Å². The van der Waals surface area contributed by atoms with Gasteiger partial charge in [0.05, 0.1) is 31.4 Å². The highest BCUT2D eigenvalue weighted by Gasteiger charge is 2.57. The van der Waals surface area contributed by atoms with Gasteiger partial charge in [-0.2, -0.15) is 9.97 Å².